The van der Waals surface area contributed by atoms with Crippen LogP contribution in [-0.4, -0.2) is 11.6 Å². The molecule has 0 saturated carbocycles. The second-order valence-corrected chi connectivity index (χ2v) is 19.1. The Kier molecular flexibility index (Phi) is 12.7. The molecule has 0 heterocycles. The van der Waals surface area contributed by atoms with E-state index in [0.717, 1.165) is 12.1 Å². The number of azo groups is 2. The van der Waals surface area contributed by atoms with E-state index in [2.05, 4.69) is 20.5 Å². The summed E-state index contributed by atoms with van der Waals surface area (Å²) in [5.74, 6) is -0.293. The molecule has 4 rings (SSSR count). The van der Waals surface area contributed by atoms with Crippen molar-refractivity contribution >= 4 is 46.1 Å². The standard InChI is InChI=1S/C44H46Cl2F6N4O2/c1-39(2,3)29-13-23(14-30(37(29)57)40(4,5)6)21-53-55-35-27(43(47,48)49)17-25(19-33(35)45)26-18-28(44(50,51)52)36(34(46)20-26)56-54-22-24-15-31(41(7,8)9)38(58)32(16-24)42(10,11)12/h13-22H,1-12H3/b55-53+,56-54+. The van der Waals surface area contributed by atoms with Crippen LogP contribution in [0, 0.1) is 21.7 Å². The van der Waals surface area contributed by atoms with Gasteiger partial charge in [-0.1, -0.05) is 106 Å². The van der Waals surface area contributed by atoms with Crippen LogP contribution in [-0.2, 0) is 21.9 Å². The van der Waals surface area contributed by atoms with Gasteiger partial charge in [0, 0.05) is 22.3 Å². The molecule has 0 bridgehead atoms. The van der Waals surface area contributed by atoms with Crippen molar-refractivity contribution in [2.45, 2.75) is 95.4 Å². The Morgan fingerprint density at radius 1 is 0.466 bits per heavy atom. The summed E-state index contributed by atoms with van der Waals surface area (Å²) in [5.41, 5.74) is -4.30. The first-order valence-electron chi connectivity index (χ1n) is 18.2. The van der Waals surface area contributed by atoms with Crippen LogP contribution in [0.5, 0.6) is 0 Å². The van der Waals surface area contributed by atoms with Crippen molar-refractivity contribution in [3.05, 3.63) is 116 Å². The number of Topliss-reactive ketones (excluding diaryl/α,β-unsaturated/α-hetero) is 2. The van der Waals surface area contributed by atoms with Gasteiger partial charge in [0.05, 0.1) is 33.6 Å². The molecular formula is C44H46Cl2F6N4O2. The quantitative estimate of drug-likeness (QED) is 0.222. The third-order valence-corrected chi connectivity index (χ3v) is 9.83. The van der Waals surface area contributed by atoms with Crippen LogP contribution in [0.4, 0.5) is 37.7 Å². The molecule has 0 amide bonds. The molecule has 0 aromatic heterocycles. The Morgan fingerprint density at radius 2 is 0.724 bits per heavy atom. The van der Waals surface area contributed by atoms with Gasteiger partial charge in [0.1, 0.15) is 11.4 Å². The number of carbonyl (C=O) groups is 2. The zero-order valence-corrected chi connectivity index (χ0v) is 35.9. The minimum Gasteiger partial charge on any atom is -0.289 e. The van der Waals surface area contributed by atoms with Crippen LogP contribution in [0.2, 0.25) is 10.0 Å². The first-order valence-corrected chi connectivity index (χ1v) is 19.0. The average Bonchev–Trinajstić information content (AvgIpc) is 3.03. The number of benzene rings is 2. The van der Waals surface area contributed by atoms with Gasteiger partial charge < -0.3 is 0 Å². The maximum absolute atomic E-state index is 14.5. The maximum Gasteiger partial charge on any atom is 0.418 e. The highest BCUT2D eigenvalue weighted by Crippen LogP contribution is 2.48. The highest BCUT2D eigenvalue weighted by molar-refractivity contribution is 6.34. The lowest BCUT2D eigenvalue weighted by Gasteiger charge is -2.31. The average molecular weight is 848 g/mol. The predicted molar refractivity (Wildman–Crippen MR) is 217 cm³/mol. The summed E-state index contributed by atoms with van der Waals surface area (Å²) in [5, 5.41) is 14.3. The van der Waals surface area contributed by atoms with Crippen molar-refractivity contribution in [2.75, 3.05) is 0 Å². The summed E-state index contributed by atoms with van der Waals surface area (Å²) in [4.78, 5) is 26.5. The number of rotatable bonds is 5. The summed E-state index contributed by atoms with van der Waals surface area (Å²) in [6.07, 6.45) is -1.28. The highest BCUT2D eigenvalue weighted by Gasteiger charge is 2.39. The van der Waals surface area contributed by atoms with Gasteiger partial charge in [0.15, 0.2) is 11.6 Å². The van der Waals surface area contributed by atoms with Gasteiger partial charge in [-0.2, -0.15) is 36.6 Å². The number of hydrogen-bond donors (Lipinski definition) is 0. The lowest BCUT2D eigenvalue weighted by atomic mass is 9.72. The van der Waals surface area contributed by atoms with Crippen molar-refractivity contribution in [2.24, 2.45) is 42.1 Å². The number of ketones is 2. The molecule has 14 heteroatoms. The third-order valence-electron chi connectivity index (χ3n) is 9.25. The Labute approximate surface area is 345 Å². The molecule has 2 aliphatic carbocycles. The van der Waals surface area contributed by atoms with Crippen molar-refractivity contribution in [1.29, 1.82) is 0 Å². The molecule has 0 unspecified atom stereocenters. The Hall–Kier alpha value is -4.42. The third kappa shape index (κ3) is 10.6. The predicted octanol–water partition coefficient (Wildman–Crippen LogP) is 15.7. The van der Waals surface area contributed by atoms with E-state index in [1.807, 2.05) is 83.1 Å². The van der Waals surface area contributed by atoms with Crippen LogP contribution in [0.3, 0.4) is 0 Å². The van der Waals surface area contributed by atoms with Gasteiger partial charge in [-0.25, -0.2) is 0 Å². The van der Waals surface area contributed by atoms with E-state index in [1.54, 1.807) is 24.3 Å². The van der Waals surface area contributed by atoms with Gasteiger partial charge in [0.2, 0.25) is 0 Å². The summed E-state index contributed by atoms with van der Waals surface area (Å²) < 4.78 is 87.1. The van der Waals surface area contributed by atoms with E-state index in [4.69, 9.17) is 23.2 Å². The van der Waals surface area contributed by atoms with E-state index >= 15 is 0 Å². The molecule has 0 aliphatic heterocycles. The number of allylic oxidation sites excluding steroid dienone is 10. The molecule has 0 atom stereocenters. The highest BCUT2D eigenvalue weighted by atomic mass is 35.5. The normalized spacial score (nSPS) is 16.6. The first kappa shape index (κ1) is 46.3. The smallest absolute Gasteiger partial charge is 0.289 e. The lowest BCUT2D eigenvalue weighted by Crippen LogP contribution is -2.27. The van der Waals surface area contributed by atoms with Gasteiger partial charge >= 0.3 is 12.4 Å². The fraction of sp³-hybridized carbons (Fsp3) is 0.409. The zero-order valence-electron chi connectivity index (χ0n) is 34.4. The Bertz CT molecular complexity index is 2060. The molecule has 6 nitrogen and oxygen atoms in total. The summed E-state index contributed by atoms with van der Waals surface area (Å²) in [6, 6.07) is 3.30. The fourth-order valence-corrected chi connectivity index (χ4v) is 6.67. The van der Waals surface area contributed by atoms with E-state index in [-0.39, 0.29) is 22.7 Å². The van der Waals surface area contributed by atoms with Crippen LogP contribution >= 0.6 is 23.2 Å². The summed E-state index contributed by atoms with van der Waals surface area (Å²) >= 11 is 12.7. The van der Waals surface area contributed by atoms with Crippen LogP contribution in [0.25, 0.3) is 11.1 Å². The molecule has 0 N–H and O–H groups in total. The number of nitrogens with zero attached hydrogens (tertiary/aromatic N) is 4. The van der Waals surface area contributed by atoms with Crippen molar-refractivity contribution < 1.29 is 35.9 Å². The molecule has 2 aliphatic rings. The summed E-state index contributed by atoms with van der Waals surface area (Å²) in [6.45, 7) is 22.4. The number of halogens is 8. The molecule has 0 fully saturated rings. The Balaban J connectivity index is 1.81. The molecule has 0 spiro atoms. The monoisotopic (exact) mass is 846 g/mol. The number of carbonyl (C=O) groups excluding carboxylic acids is 2. The molecular weight excluding hydrogens is 801 g/mol. The maximum atomic E-state index is 14.5. The SMILES string of the molecule is CC(C)(C)C1=CC(=C/N=N/c2c(Cl)cc(-c3cc(Cl)c(/N=N/C=C4C=C(C(C)(C)C)C(=O)C(C(C)(C)C)=C4)c(C(F)(F)F)c3)cc2C(F)(F)F)C=C(C(C)(C)C)C1=O. The zero-order chi connectivity index (χ0) is 44.1. The fourth-order valence-electron chi connectivity index (χ4n) is 6.15. The van der Waals surface area contributed by atoms with Crippen molar-refractivity contribution in [1.82, 2.24) is 0 Å². The van der Waals surface area contributed by atoms with Gasteiger partial charge in [-0.05, 0) is 92.5 Å². The molecule has 0 radical (unpaired) electrons. The molecule has 58 heavy (non-hydrogen) atoms. The largest absolute Gasteiger partial charge is 0.418 e. The molecule has 2 aromatic rings. The van der Waals surface area contributed by atoms with E-state index in [0.29, 0.717) is 45.6 Å². The Morgan fingerprint density at radius 3 is 0.948 bits per heavy atom. The molecule has 2 aromatic carbocycles. The van der Waals surface area contributed by atoms with E-state index < -0.39 is 66.6 Å². The van der Waals surface area contributed by atoms with Gasteiger partial charge in [0.25, 0.3) is 0 Å². The van der Waals surface area contributed by atoms with Crippen molar-refractivity contribution in [3.63, 3.8) is 0 Å². The second kappa shape index (κ2) is 16.0. The topological polar surface area (TPSA) is 83.6 Å². The van der Waals surface area contributed by atoms with E-state index in [1.165, 1.54) is 12.4 Å². The molecule has 0 saturated heterocycles. The van der Waals surface area contributed by atoms with Crippen LogP contribution < -0.4 is 0 Å². The van der Waals surface area contributed by atoms with E-state index in [9.17, 15) is 35.9 Å². The number of alkyl halides is 6. The summed E-state index contributed by atoms with van der Waals surface area (Å²) in [7, 11) is 0. The van der Waals surface area contributed by atoms with Crippen LogP contribution in [0.15, 0.2) is 115 Å². The minimum absolute atomic E-state index is 0.147. The number of hydrogen-bond acceptors (Lipinski definition) is 6. The molecule has 310 valence electrons. The van der Waals surface area contributed by atoms with Gasteiger partial charge in [-0.3, -0.25) is 9.59 Å². The minimum atomic E-state index is -5.05. The first-order chi connectivity index (χ1) is 26.2. The van der Waals surface area contributed by atoms with Gasteiger partial charge in [-0.15, -0.1) is 10.2 Å². The van der Waals surface area contributed by atoms with Crippen LogP contribution in [0.1, 0.15) is 94.2 Å². The lowest BCUT2D eigenvalue weighted by molar-refractivity contribution is -0.138. The second-order valence-electron chi connectivity index (χ2n) is 18.3. The van der Waals surface area contributed by atoms with Crippen molar-refractivity contribution in [3.8, 4) is 11.1 Å².